The Morgan fingerprint density at radius 3 is 2.74 bits per heavy atom. The van der Waals surface area contributed by atoms with Crippen LogP contribution in [0.25, 0.3) is 0 Å². The van der Waals surface area contributed by atoms with E-state index in [2.05, 4.69) is 16.0 Å². The average Bonchev–Trinajstić information content (AvgIpc) is 2.87. The van der Waals surface area contributed by atoms with Crippen molar-refractivity contribution >= 4 is 17.4 Å². The van der Waals surface area contributed by atoms with Gasteiger partial charge in [-0.15, -0.1) is 0 Å². The lowest BCUT2D eigenvalue weighted by Crippen LogP contribution is -2.52. The molecule has 1 saturated carbocycles. The van der Waals surface area contributed by atoms with Gasteiger partial charge in [0.1, 0.15) is 0 Å². The molecule has 4 rings (SSSR count). The molecule has 3 aliphatic rings. The molecule has 0 bridgehead atoms. The summed E-state index contributed by atoms with van der Waals surface area (Å²) in [7, 11) is 0. The number of carbonyl (C=O) groups is 1. The molecular weight excluding hydrogens is 242 g/mol. The number of urea groups is 1. The monoisotopic (exact) mass is 259 g/mol. The van der Waals surface area contributed by atoms with E-state index in [1.807, 2.05) is 12.1 Å². The first-order valence-corrected chi connectivity index (χ1v) is 6.92. The molecule has 2 aliphatic heterocycles. The summed E-state index contributed by atoms with van der Waals surface area (Å²) in [6.45, 7) is 0.510. The molecule has 1 fully saturated rings. The Morgan fingerprint density at radius 1 is 1.11 bits per heavy atom. The van der Waals surface area contributed by atoms with Gasteiger partial charge in [-0.25, -0.2) is 4.79 Å². The Morgan fingerprint density at radius 2 is 1.89 bits per heavy atom. The third kappa shape index (κ3) is 1.50. The van der Waals surface area contributed by atoms with Crippen molar-refractivity contribution in [3.05, 3.63) is 17.7 Å². The van der Waals surface area contributed by atoms with E-state index < -0.39 is 0 Å². The summed E-state index contributed by atoms with van der Waals surface area (Å²) in [4.78, 5) is 11.9. The molecule has 2 amide bonds. The number of hydrogen-bond donors (Lipinski definition) is 3. The molecule has 19 heavy (non-hydrogen) atoms. The van der Waals surface area contributed by atoms with Crippen LogP contribution in [0.3, 0.4) is 0 Å². The highest BCUT2D eigenvalue weighted by atomic mass is 16.5. The van der Waals surface area contributed by atoms with E-state index in [0.717, 1.165) is 48.4 Å². The van der Waals surface area contributed by atoms with Crippen molar-refractivity contribution in [1.82, 2.24) is 5.32 Å². The van der Waals surface area contributed by atoms with Gasteiger partial charge in [-0.2, -0.15) is 0 Å². The molecule has 2 heterocycles. The highest BCUT2D eigenvalue weighted by Gasteiger charge is 2.44. The molecule has 1 aromatic carbocycles. The smallest absolute Gasteiger partial charge is 0.319 e. The van der Waals surface area contributed by atoms with Crippen LogP contribution in [-0.2, 0) is 5.54 Å². The third-order valence-corrected chi connectivity index (χ3v) is 4.42. The second kappa shape index (κ2) is 3.79. The minimum Gasteiger partial charge on any atom is -0.471 e. The Kier molecular flexibility index (Phi) is 2.19. The van der Waals surface area contributed by atoms with Gasteiger partial charge >= 0.3 is 6.03 Å². The fraction of sp³-hybridized carbons (Fsp3) is 0.500. The Hall–Kier alpha value is -1.91. The Labute approximate surface area is 111 Å². The summed E-state index contributed by atoms with van der Waals surface area (Å²) in [6.07, 6.45) is 5.53. The number of ether oxygens (including phenoxy) is 1. The van der Waals surface area contributed by atoms with Crippen molar-refractivity contribution in [1.29, 1.82) is 0 Å². The standard InChI is InChI=1S/C14H17N3O2/c18-13-16-9-4-5-10-12(19-8-15-10)11(9)14(17-13)6-2-1-3-7-14/h4-5,15H,1-3,6-8H2,(H2,16,17,18). The van der Waals surface area contributed by atoms with Gasteiger partial charge in [0.25, 0.3) is 0 Å². The molecule has 1 aliphatic carbocycles. The number of hydrogen-bond acceptors (Lipinski definition) is 3. The molecule has 100 valence electrons. The maximum absolute atomic E-state index is 11.9. The van der Waals surface area contributed by atoms with Crippen LogP contribution in [0.15, 0.2) is 12.1 Å². The second-order valence-corrected chi connectivity index (χ2v) is 5.55. The topological polar surface area (TPSA) is 62.4 Å². The summed E-state index contributed by atoms with van der Waals surface area (Å²) >= 11 is 0. The van der Waals surface area contributed by atoms with Gasteiger partial charge in [-0.1, -0.05) is 19.3 Å². The summed E-state index contributed by atoms with van der Waals surface area (Å²) in [5.41, 5.74) is 2.82. The molecule has 3 N–H and O–H groups in total. The van der Waals surface area contributed by atoms with Crippen molar-refractivity contribution in [3.63, 3.8) is 0 Å². The van der Waals surface area contributed by atoms with Crippen LogP contribution in [0, 0.1) is 0 Å². The average molecular weight is 259 g/mol. The van der Waals surface area contributed by atoms with Gasteiger partial charge in [0, 0.05) is 5.56 Å². The van der Waals surface area contributed by atoms with Crippen LogP contribution in [0.2, 0.25) is 0 Å². The summed E-state index contributed by atoms with van der Waals surface area (Å²) in [5.74, 6) is 0.909. The van der Waals surface area contributed by atoms with Crippen molar-refractivity contribution in [2.24, 2.45) is 0 Å². The highest BCUT2D eigenvalue weighted by molar-refractivity contribution is 5.95. The van der Waals surface area contributed by atoms with Gasteiger partial charge in [0.15, 0.2) is 12.5 Å². The van der Waals surface area contributed by atoms with Gasteiger partial charge in [0.05, 0.1) is 16.9 Å². The summed E-state index contributed by atoms with van der Waals surface area (Å²) in [5, 5.41) is 9.28. The van der Waals surface area contributed by atoms with Gasteiger partial charge in [-0.3, -0.25) is 0 Å². The molecule has 1 aromatic rings. The third-order valence-electron chi connectivity index (χ3n) is 4.42. The molecule has 5 heteroatoms. The minimum atomic E-state index is -0.243. The van der Waals surface area contributed by atoms with Crippen molar-refractivity contribution in [2.75, 3.05) is 17.4 Å². The molecule has 0 aromatic heterocycles. The van der Waals surface area contributed by atoms with E-state index in [1.165, 1.54) is 6.42 Å². The first-order chi connectivity index (χ1) is 9.28. The van der Waals surface area contributed by atoms with Crippen molar-refractivity contribution in [3.8, 4) is 5.75 Å². The first kappa shape index (κ1) is 11.0. The van der Waals surface area contributed by atoms with Crippen LogP contribution < -0.4 is 20.7 Å². The number of rotatable bonds is 0. The molecule has 0 saturated heterocycles. The van der Waals surface area contributed by atoms with Crippen LogP contribution in [0.5, 0.6) is 5.75 Å². The zero-order chi connectivity index (χ0) is 12.9. The zero-order valence-electron chi connectivity index (χ0n) is 10.7. The second-order valence-electron chi connectivity index (χ2n) is 5.55. The number of nitrogens with one attached hydrogen (secondary N) is 3. The largest absolute Gasteiger partial charge is 0.471 e. The molecule has 0 atom stereocenters. The fourth-order valence-corrected chi connectivity index (χ4v) is 3.60. The minimum absolute atomic E-state index is 0.0969. The normalized spacial score (nSPS) is 22.6. The first-order valence-electron chi connectivity index (χ1n) is 6.92. The van der Waals surface area contributed by atoms with Crippen molar-refractivity contribution in [2.45, 2.75) is 37.6 Å². The lowest BCUT2D eigenvalue weighted by molar-refractivity contribution is 0.205. The highest BCUT2D eigenvalue weighted by Crippen LogP contribution is 2.50. The predicted octanol–water partition coefficient (Wildman–Crippen LogP) is 2.74. The maximum atomic E-state index is 11.9. The van der Waals surface area contributed by atoms with Crippen LogP contribution in [0.4, 0.5) is 16.2 Å². The number of carbonyl (C=O) groups excluding carboxylic acids is 1. The van der Waals surface area contributed by atoms with E-state index in [0.29, 0.717) is 6.73 Å². The number of fused-ring (bicyclic) bond motifs is 4. The quantitative estimate of drug-likeness (QED) is 0.671. The lowest BCUT2D eigenvalue weighted by Gasteiger charge is -2.43. The van der Waals surface area contributed by atoms with E-state index >= 15 is 0 Å². The Bertz CT molecular complexity index is 550. The summed E-state index contributed by atoms with van der Waals surface area (Å²) in [6, 6.07) is 3.86. The van der Waals surface area contributed by atoms with Gasteiger partial charge in [0.2, 0.25) is 0 Å². The van der Waals surface area contributed by atoms with Crippen LogP contribution in [0.1, 0.15) is 37.7 Å². The number of anilines is 2. The van der Waals surface area contributed by atoms with Crippen LogP contribution >= 0.6 is 0 Å². The van der Waals surface area contributed by atoms with Gasteiger partial charge in [-0.05, 0) is 25.0 Å². The molecule has 5 nitrogen and oxygen atoms in total. The van der Waals surface area contributed by atoms with Crippen LogP contribution in [-0.4, -0.2) is 12.8 Å². The van der Waals surface area contributed by atoms with Gasteiger partial charge < -0.3 is 20.7 Å². The predicted molar refractivity (Wildman–Crippen MR) is 72.5 cm³/mol. The Balaban J connectivity index is 1.92. The van der Waals surface area contributed by atoms with E-state index in [9.17, 15) is 4.79 Å². The van der Waals surface area contributed by atoms with E-state index in [1.54, 1.807) is 0 Å². The molecular formula is C14H17N3O2. The zero-order valence-corrected chi connectivity index (χ0v) is 10.7. The molecule has 1 spiro atoms. The lowest BCUT2D eigenvalue weighted by atomic mass is 9.74. The number of amides is 2. The van der Waals surface area contributed by atoms with E-state index in [4.69, 9.17) is 4.74 Å². The summed E-state index contributed by atoms with van der Waals surface area (Å²) < 4.78 is 5.76. The van der Waals surface area contributed by atoms with Crippen molar-refractivity contribution < 1.29 is 9.53 Å². The molecule has 0 radical (unpaired) electrons. The number of benzene rings is 1. The van der Waals surface area contributed by atoms with E-state index in [-0.39, 0.29) is 11.6 Å². The SMILES string of the molecule is O=C1Nc2ccc3c(c2C2(CCCCC2)N1)OCN3. The molecule has 0 unspecified atom stereocenters. The maximum Gasteiger partial charge on any atom is 0.319 e. The fourth-order valence-electron chi connectivity index (χ4n) is 3.60.